The van der Waals surface area contributed by atoms with Crippen molar-refractivity contribution >= 4 is 67.9 Å². The lowest BCUT2D eigenvalue weighted by Gasteiger charge is -1.99. The minimum atomic E-state index is 1.05. The molecule has 0 N–H and O–H groups in total. The second-order valence-electron chi connectivity index (χ2n) is 8.51. The fourth-order valence-electron chi connectivity index (χ4n) is 3.75. The van der Waals surface area contributed by atoms with Gasteiger partial charge in [-0.05, 0) is 118 Å². The van der Waals surface area contributed by atoms with Gasteiger partial charge in [-0.1, -0.05) is 76.1 Å². The van der Waals surface area contributed by atoms with Crippen molar-refractivity contribution in [3.8, 4) is 23.7 Å². The van der Waals surface area contributed by atoms with E-state index < -0.39 is 0 Å². The number of thiophene rings is 2. The van der Waals surface area contributed by atoms with Crippen molar-refractivity contribution in [3.63, 3.8) is 0 Å². The van der Waals surface area contributed by atoms with Crippen LogP contribution in [0.4, 0.5) is 0 Å². The normalized spacial score (nSPS) is 10.5. The van der Waals surface area contributed by atoms with Gasteiger partial charge < -0.3 is 0 Å². The molecule has 0 radical (unpaired) electrons. The van der Waals surface area contributed by atoms with Gasteiger partial charge in [0.25, 0.3) is 0 Å². The van der Waals surface area contributed by atoms with E-state index in [1.807, 2.05) is 22.7 Å². The van der Waals surface area contributed by atoms with Gasteiger partial charge in [-0.2, -0.15) is 0 Å². The Kier molecular flexibility index (Phi) is 12.5. The molecule has 1 aromatic carbocycles. The van der Waals surface area contributed by atoms with E-state index in [2.05, 4.69) is 119 Å². The summed E-state index contributed by atoms with van der Waals surface area (Å²) in [6, 6.07) is 13.0. The van der Waals surface area contributed by atoms with Crippen LogP contribution in [0.1, 0.15) is 97.2 Å². The first kappa shape index (κ1) is 27.8. The zero-order valence-electron chi connectivity index (χ0n) is 20.1. The van der Waals surface area contributed by atoms with Gasteiger partial charge in [0.05, 0.1) is 15.5 Å². The van der Waals surface area contributed by atoms with Crippen LogP contribution in [0.25, 0.3) is 0 Å². The average Bonchev–Trinajstić information content (AvgIpc) is 3.38. The maximum absolute atomic E-state index is 3.44. The summed E-state index contributed by atoms with van der Waals surface area (Å²) in [5.74, 6) is 13.6. The van der Waals surface area contributed by atoms with E-state index in [-0.39, 0.29) is 0 Å². The highest BCUT2D eigenvalue weighted by atomic mass is 127. The molecule has 0 amide bonds. The van der Waals surface area contributed by atoms with E-state index in [1.54, 1.807) is 0 Å². The van der Waals surface area contributed by atoms with Crippen molar-refractivity contribution in [3.05, 3.63) is 74.2 Å². The highest BCUT2D eigenvalue weighted by molar-refractivity contribution is 14.1. The summed E-state index contributed by atoms with van der Waals surface area (Å²) >= 11 is 8.45. The van der Waals surface area contributed by atoms with Gasteiger partial charge in [0.1, 0.15) is 0 Å². The van der Waals surface area contributed by atoms with E-state index in [9.17, 15) is 0 Å². The Morgan fingerprint density at radius 1 is 0.588 bits per heavy atom. The fraction of sp³-hybridized carbons (Fsp3) is 0.400. The van der Waals surface area contributed by atoms with Gasteiger partial charge in [0, 0.05) is 11.1 Å². The van der Waals surface area contributed by atoms with E-state index in [0.29, 0.717) is 0 Å². The standard InChI is InChI=1S/C30H32I2S2/c1-3-5-7-9-11-25-21-29(31)33-27(25)19-17-23-13-15-24(16-14-23)18-20-28-26(22-30(32)34-28)12-10-8-6-4-2/h13-16,21-22H,3-12H2,1-2H3. The molecular formula is C30H32I2S2. The van der Waals surface area contributed by atoms with Gasteiger partial charge in [0.15, 0.2) is 0 Å². The second kappa shape index (κ2) is 15.3. The summed E-state index contributed by atoms with van der Waals surface area (Å²) in [5.41, 5.74) is 4.93. The zero-order chi connectivity index (χ0) is 24.2. The Balaban J connectivity index is 1.64. The molecule has 4 heteroatoms. The van der Waals surface area contributed by atoms with Gasteiger partial charge in [-0.3, -0.25) is 0 Å². The first-order valence-corrected chi connectivity index (χ1v) is 16.1. The van der Waals surface area contributed by atoms with Crippen molar-refractivity contribution in [1.82, 2.24) is 0 Å². The molecule has 0 aliphatic heterocycles. The van der Waals surface area contributed by atoms with Crippen LogP contribution in [0.3, 0.4) is 0 Å². The maximum Gasteiger partial charge on any atom is 0.0815 e. The molecule has 0 saturated heterocycles. The van der Waals surface area contributed by atoms with Gasteiger partial charge >= 0.3 is 0 Å². The molecule has 0 aliphatic rings. The Labute approximate surface area is 241 Å². The number of halogens is 2. The van der Waals surface area contributed by atoms with Crippen LogP contribution < -0.4 is 0 Å². The Bertz CT molecular complexity index is 1070. The lowest BCUT2D eigenvalue weighted by atomic mass is 10.1. The highest BCUT2D eigenvalue weighted by Gasteiger charge is 2.07. The number of hydrogen-bond donors (Lipinski definition) is 0. The lowest BCUT2D eigenvalue weighted by molar-refractivity contribution is 0.667. The Morgan fingerprint density at radius 2 is 1.00 bits per heavy atom. The van der Waals surface area contributed by atoms with Crippen LogP contribution in [0.2, 0.25) is 0 Å². The van der Waals surface area contributed by atoms with Crippen molar-refractivity contribution in [2.24, 2.45) is 0 Å². The maximum atomic E-state index is 3.44. The third-order valence-electron chi connectivity index (χ3n) is 5.68. The molecule has 0 aliphatic carbocycles. The molecule has 0 spiro atoms. The molecule has 2 heterocycles. The minimum Gasteiger partial charge on any atom is -0.120 e. The SMILES string of the molecule is CCCCCCc1cc(I)sc1C#Cc1ccc(C#Cc2sc(I)cc2CCCCCC)cc1. The monoisotopic (exact) mass is 710 g/mol. The molecule has 0 fully saturated rings. The topological polar surface area (TPSA) is 0 Å². The molecule has 34 heavy (non-hydrogen) atoms. The minimum absolute atomic E-state index is 1.05. The van der Waals surface area contributed by atoms with Crippen molar-refractivity contribution in [2.45, 2.75) is 78.1 Å². The van der Waals surface area contributed by atoms with Crippen LogP contribution in [0, 0.1) is 29.4 Å². The highest BCUT2D eigenvalue weighted by Crippen LogP contribution is 2.26. The van der Waals surface area contributed by atoms with E-state index >= 15 is 0 Å². The molecule has 0 atom stereocenters. The third-order valence-corrected chi connectivity index (χ3v) is 9.39. The van der Waals surface area contributed by atoms with Crippen molar-refractivity contribution in [2.75, 3.05) is 0 Å². The number of benzene rings is 1. The fourth-order valence-corrected chi connectivity index (χ4v) is 7.41. The molecule has 0 nitrogen and oxygen atoms in total. The first-order chi connectivity index (χ1) is 16.6. The van der Waals surface area contributed by atoms with Crippen LogP contribution in [-0.4, -0.2) is 0 Å². The van der Waals surface area contributed by atoms with Gasteiger partial charge in [-0.25, -0.2) is 0 Å². The number of aryl methyl sites for hydroxylation is 2. The molecule has 178 valence electrons. The molecule has 0 saturated carbocycles. The number of hydrogen-bond acceptors (Lipinski definition) is 2. The summed E-state index contributed by atoms with van der Waals surface area (Å²) in [6.07, 6.45) is 12.6. The quantitative estimate of drug-likeness (QED) is 0.112. The Morgan fingerprint density at radius 3 is 1.38 bits per heavy atom. The summed E-state index contributed by atoms with van der Waals surface area (Å²) in [4.78, 5) is 2.45. The zero-order valence-corrected chi connectivity index (χ0v) is 26.1. The van der Waals surface area contributed by atoms with Crippen LogP contribution in [0.5, 0.6) is 0 Å². The third kappa shape index (κ3) is 9.34. The number of rotatable bonds is 10. The van der Waals surface area contributed by atoms with Gasteiger partial charge in [-0.15, -0.1) is 22.7 Å². The predicted molar refractivity (Wildman–Crippen MR) is 168 cm³/mol. The summed E-state index contributed by atoms with van der Waals surface area (Å²) in [5, 5.41) is 0. The van der Waals surface area contributed by atoms with E-state index in [4.69, 9.17) is 0 Å². The molecular weight excluding hydrogens is 678 g/mol. The average molecular weight is 711 g/mol. The predicted octanol–water partition coefficient (Wildman–Crippen LogP) is 10.1. The summed E-state index contributed by atoms with van der Waals surface area (Å²) in [6.45, 7) is 4.52. The summed E-state index contributed by atoms with van der Waals surface area (Å²) < 4.78 is 2.65. The number of unbranched alkanes of at least 4 members (excludes halogenated alkanes) is 6. The Hall–Kier alpha value is -0.800. The van der Waals surface area contributed by atoms with Gasteiger partial charge in [0.2, 0.25) is 0 Å². The second-order valence-corrected chi connectivity index (χ2v) is 14.4. The smallest absolute Gasteiger partial charge is 0.0815 e. The van der Waals surface area contributed by atoms with Crippen molar-refractivity contribution < 1.29 is 0 Å². The van der Waals surface area contributed by atoms with E-state index in [0.717, 1.165) is 24.0 Å². The largest absolute Gasteiger partial charge is 0.120 e. The molecule has 0 unspecified atom stereocenters. The van der Waals surface area contributed by atoms with Crippen LogP contribution in [-0.2, 0) is 12.8 Å². The van der Waals surface area contributed by atoms with Crippen LogP contribution in [0.15, 0.2) is 36.4 Å². The summed E-state index contributed by atoms with van der Waals surface area (Å²) in [7, 11) is 0. The molecule has 3 rings (SSSR count). The van der Waals surface area contributed by atoms with E-state index in [1.165, 1.54) is 78.0 Å². The van der Waals surface area contributed by atoms with Crippen LogP contribution >= 0.6 is 67.9 Å². The lowest BCUT2D eigenvalue weighted by Crippen LogP contribution is -1.86. The molecule has 3 aromatic rings. The molecule has 2 aromatic heterocycles. The first-order valence-electron chi connectivity index (χ1n) is 12.3. The van der Waals surface area contributed by atoms with Crippen molar-refractivity contribution in [1.29, 1.82) is 0 Å². The molecule has 0 bridgehead atoms.